The molecule has 4 nitrogen and oxygen atoms in total. The molecular formula is C23H26F3N3OS. The largest absolute Gasteiger partial charge is 0.573 e. The number of aromatic nitrogens is 1. The Morgan fingerprint density at radius 1 is 0.935 bits per heavy atom. The summed E-state index contributed by atoms with van der Waals surface area (Å²) in [6.45, 7) is 5.24. The number of nitrogens with zero attached hydrogens (tertiary/aromatic N) is 3. The van der Waals surface area contributed by atoms with E-state index in [0.717, 1.165) is 69.5 Å². The van der Waals surface area contributed by atoms with Gasteiger partial charge in [-0.05, 0) is 55.6 Å². The van der Waals surface area contributed by atoms with E-state index in [1.165, 1.54) is 22.5 Å². The maximum absolute atomic E-state index is 12.2. The highest BCUT2D eigenvalue weighted by atomic mass is 32.1. The van der Waals surface area contributed by atoms with Crippen LogP contribution < -0.4 is 9.64 Å². The Hall–Kier alpha value is -2.32. The molecule has 8 heteroatoms. The lowest BCUT2D eigenvalue weighted by atomic mass is 10.1. The lowest BCUT2D eigenvalue weighted by Crippen LogP contribution is -2.46. The molecular weight excluding hydrogens is 423 g/mol. The molecule has 166 valence electrons. The van der Waals surface area contributed by atoms with E-state index in [2.05, 4.69) is 37.7 Å². The van der Waals surface area contributed by atoms with Crippen molar-refractivity contribution in [1.82, 2.24) is 9.88 Å². The van der Waals surface area contributed by atoms with Gasteiger partial charge in [-0.15, -0.1) is 24.5 Å². The van der Waals surface area contributed by atoms with Crippen molar-refractivity contribution in [3.05, 3.63) is 53.5 Å². The second-order valence-corrected chi connectivity index (χ2v) is 8.69. The summed E-state index contributed by atoms with van der Waals surface area (Å²) >= 11 is 1.68. The number of rotatable bonds is 8. The predicted octanol–water partition coefficient (Wildman–Crippen LogP) is 5.73. The zero-order valence-electron chi connectivity index (χ0n) is 17.3. The number of hydrogen-bond donors (Lipinski definition) is 0. The Kier molecular flexibility index (Phi) is 6.97. The predicted molar refractivity (Wildman–Crippen MR) is 119 cm³/mol. The van der Waals surface area contributed by atoms with Crippen molar-refractivity contribution in [3.8, 4) is 5.75 Å². The molecule has 0 amide bonds. The molecule has 0 aliphatic carbocycles. The maximum atomic E-state index is 12.2. The number of unbranched alkanes of at least 4 members (excludes halogenated alkanes) is 2. The van der Waals surface area contributed by atoms with Gasteiger partial charge in [0.2, 0.25) is 0 Å². The quantitative estimate of drug-likeness (QED) is 0.411. The van der Waals surface area contributed by atoms with Gasteiger partial charge >= 0.3 is 6.36 Å². The highest BCUT2D eigenvalue weighted by Gasteiger charge is 2.30. The number of para-hydroxylation sites is 1. The number of benzene rings is 2. The monoisotopic (exact) mass is 449 g/mol. The van der Waals surface area contributed by atoms with Gasteiger partial charge in [-0.2, -0.15) is 0 Å². The molecule has 1 aliphatic heterocycles. The Morgan fingerprint density at radius 3 is 2.45 bits per heavy atom. The molecule has 2 heterocycles. The van der Waals surface area contributed by atoms with Crippen molar-refractivity contribution >= 4 is 27.2 Å². The molecule has 0 bridgehead atoms. The minimum absolute atomic E-state index is 0.165. The van der Waals surface area contributed by atoms with E-state index < -0.39 is 6.36 Å². The van der Waals surface area contributed by atoms with Crippen LogP contribution in [0, 0.1) is 0 Å². The molecule has 0 radical (unpaired) electrons. The Labute approximate surface area is 184 Å². The number of fused-ring (bicyclic) bond motifs is 1. The average molecular weight is 450 g/mol. The van der Waals surface area contributed by atoms with Crippen LogP contribution in [0.15, 0.2) is 48.0 Å². The van der Waals surface area contributed by atoms with Crippen LogP contribution in [-0.2, 0) is 6.42 Å². The van der Waals surface area contributed by atoms with Gasteiger partial charge in [-0.3, -0.25) is 4.90 Å². The molecule has 31 heavy (non-hydrogen) atoms. The van der Waals surface area contributed by atoms with Gasteiger partial charge in [0.05, 0.1) is 15.9 Å². The molecule has 0 saturated carbocycles. The highest BCUT2D eigenvalue weighted by Crippen LogP contribution is 2.29. The number of ether oxygens (including phenoxy) is 1. The first kappa shape index (κ1) is 21.9. The summed E-state index contributed by atoms with van der Waals surface area (Å²) in [7, 11) is 0. The lowest BCUT2D eigenvalue weighted by Gasteiger charge is -2.36. The third kappa shape index (κ3) is 6.11. The molecule has 1 fully saturated rings. The fourth-order valence-corrected chi connectivity index (χ4v) is 4.74. The first-order chi connectivity index (χ1) is 15.0. The molecule has 0 N–H and O–H groups in total. The van der Waals surface area contributed by atoms with Crippen molar-refractivity contribution in [2.45, 2.75) is 32.0 Å². The van der Waals surface area contributed by atoms with Crippen LogP contribution >= 0.6 is 11.3 Å². The summed E-state index contributed by atoms with van der Waals surface area (Å²) in [5.41, 5.74) is 5.30. The Balaban J connectivity index is 1.14. The maximum Gasteiger partial charge on any atom is 0.573 e. The second kappa shape index (κ2) is 9.87. The number of halogens is 3. The van der Waals surface area contributed by atoms with Crippen LogP contribution in [0.4, 0.5) is 18.9 Å². The molecule has 1 aliphatic rings. The summed E-state index contributed by atoms with van der Waals surface area (Å²) in [6.07, 6.45) is -0.486. The minimum Gasteiger partial charge on any atom is -0.406 e. The summed E-state index contributed by atoms with van der Waals surface area (Å²) in [5.74, 6) is -0.165. The summed E-state index contributed by atoms with van der Waals surface area (Å²) in [6, 6.07) is 12.6. The van der Waals surface area contributed by atoms with E-state index in [9.17, 15) is 13.2 Å². The number of alkyl halides is 3. The topological polar surface area (TPSA) is 28.6 Å². The van der Waals surface area contributed by atoms with Crippen molar-refractivity contribution in [2.75, 3.05) is 37.6 Å². The zero-order valence-corrected chi connectivity index (χ0v) is 18.1. The fourth-order valence-electron chi connectivity index (χ4n) is 4.04. The number of thiazole rings is 1. The molecule has 0 atom stereocenters. The number of piperazine rings is 1. The lowest BCUT2D eigenvalue weighted by molar-refractivity contribution is -0.274. The molecule has 1 saturated heterocycles. The minimum atomic E-state index is -4.64. The van der Waals surface area contributed by atoms with E-state index in [1.807, 2.05) is 5.51 Å². The van der Waals surface area contributed by atoms with E-state index in [4.69, 9.17) is 0 Å². The molecule has 4 rings (SSSR count). The molecule has 2 aromatic carbocycles. The van der Waals surface area contributed by atoms with Crippen LogP contribution in [0.3, 0.4) is 0 Å². The van der Waals surface area contributed by atoms with Gasteiger partial charge in [-0.1, -0.05) is 24.6 Å². The van der Waals surface area contributed by atoms with Crippen LogP contribution in [-0.4, -0.2) is 49.0 Å². The average Bonchev–Trinajstić information content (AvgIpc) is 3.23. The normalized spacial score (nSPS) is 15.5. The molecule has 0 unspecified atom stereocenters. The fraction of sp³-hybridized carbons (Fsp3) is 0.435. The van der Waals surface area contributed by atoms with Gasteiger partial charge < -0.3 is 9.64 Å². The Bertz CT molecular complexity index is 966. The third-order valence-corrected chi connectivity index (χ3v) is 6.44. The molecule has 3 aromatic rings. The van der Waals surface area contributed by atoms with Gasteiger partial charge in [0.15, 0.2) is 0 Å². The number of aryl methyl sites for hydroxylation is 1. The van der Waals surface area contributed by atoms with Crippen LogP contribution in [0.1, 0.15) is 24.8 Å². The summed E-state index contributed by atoms with van der Waals surface area (Å²) in [4.78, 5) is 9.48. The van der Waals surface area contributed by atoms with Gasteiger partial charge in [0, 0.05) is 26.2 Å². The first-order valence-electron chi connectivity index (χ1n) is 10.6. The molecule has 1 aromatic heterocycles. The van der Waals surface area contributed by atoms with Crippen LogP contribution in [0.25, 0.3) is 10.2 Å². The van der Waals surface area contributed by atoms with Crippen molar-refractivity contribution in [1.29, 1.82) is 0 Å². The second-order valence-electron chi connectivity index (χ2n) is 7.81. The Morgan fingerprint density at radius 2 is 1.71 bits per heavy atom. The zero-order chi connectivity index (χ0) is 21.7. The first-order valence-corrected chi connectivity index (χ1v) is 11.5. The van der Waals surface area contributed by atoms with Gasteiger partial charge in [0.25, 0.3) is 0 Å². The number of hydrogen-bond acceptors (Lipinski definition) is 5. The number of anilines is 1. The third-order valence-electron chi connectivity index (χ3n) is 5.65. The van der Waals surface area contributed by atoms with E-state index in [1.54, 1.807) is 23.5 Å². The smallest absolute Gasteiger partial charge is 0.406 e. The SMILES string of the molecule is FC(F)(F)Oc1ccc(CCCCCN2CCN(c3cccc4scnc34)CC2)cc1. The van der Waals surface area contributed by atoms with Crippen molar-refractivity contribution in [2.24, 2.45) is 0 Å². The van der Waals surface area contributed by atoms with Gasteiger partial charge in [0.1, 0.15) is 11.3 Å². The van der Waals surface area contributed by atoms with E-state index >= 15 is 0 Å². The van der Waals surface area contributed by atoms with Crippen LogP contribution in [0.2, 0.25) is 0 Å². The summed E-state index contributed by atoms with van der Waals surface area (Å²) < 4.78 is 41.8. The van der Waals surface area contributed by atoms with Crippen LogP contribution in [0.5, 0.6) is 5.75 Å². The van der Waals surface area contributed by atoms with E-state index in [-0.39, 0.29) is 5.75 Å². The highest BCUT2D eigenvalue weighted by molar-refractivity contribution is 7.16. The summed E-state index contributed by atoms with van der Waals surface area (Å²) in [5, 5.41) is 0. The molecule has 0 spiro atoms. The van der Waals surface area contributed by atoms with E-state index in [0.29, 0.717) is 0 Å². The van der Waals surface area contributed by atoms with Crippen molar-refractivity contribution < 1.29 is 17.9 Å². The van der Waals surface area contributed by atoms with Crippen molar-refractivity contribution in [3.63, 3.8) is 0 Å². The van der Waals surface area contributed by atoms with Gasteiger partial charge in [-0.25, -0.2) is 4.98 Å². The standard InChI is InChI=1S/C23H26F3N3OS/c24-23(25,26)30-19-10-8-18(9-11-19)5-2-1-3-12-28-13-15-29(16-14-28)20-6-4-7-21-22(20)27-17-31-21/h4,6-11,17H,1-3,5,12-16H2.